The number of ether oxygens (including phenoxy) is 1. The summed E-state index contributed by atoms with van der Waals surface area (Å²) < 4.78 is 7.25. The van der Waals surface area contributed by atoms with Gasteiger partial charge in [-0.15, -0.1) is 0 Å². The van der Waals surface area contributed by atoms with Gasteiger partial charge < -0.3 is 19.1 Å². The van der Waals surface area contributed by atoms with Gasteiger partial charge in [-0.3, -0.25) is 4.79 Å². The molecule has 5 nitrogen and oxygen atoms in total. The Morgan fingerprint density at radius 1 is 0.815 bits per heavy atom. The number of carbonyl (C=O) groups excluding carboxylic acids is 1. The van der Waals surface area contributed by atoms with Crippen molar-refractivity contribution in [3.8, 4) is 11.4 Å². The van der Waals surface area contributed by atoms with Crippen LogP contribution in [0, 0.1) is 0 Å². The van der Waals surface area contributed by atoms with E-state index in [-0.39, 0.29) is 5.91 Å². The summed E-state index contributed by atoms with van der Waals surface area (Å²) in [4.78, 5) is 16.9. The first-order valence-electron chi connectivity index (χ1n) is 9.16. The normalized spacial score (nSPS) is 14.3. The predicted octanol–water partition coefficient (Wildman–Crippen LogP) is 3.45. The van der Waals surface area contributed by atoms with Crippen LogP contribution >= 0.6 is 0 Å². The maximum absolute atomic E-state index is 12.7. The van der Waals surface area contributed by atoms with Gasteiger partial charge in [0.15, 0.2) is 0 Å². The molecule has 1 aliphatic rings. The highest BCUT2D eigenvalue weighted by Crippen LogP contribution is 2.20. The van der Waals surface area contributed by atoms with Crippen molar-refractivity contribution >= 4 is 11.6 Å². The first-order chi connectivity index (χ1) is 13.2. The summed E-state index contributed by atoms with van der Waals surface area (Å²) in [6.07, 6.45) is 4.08. The lowest BCUT2D eigenvalue weighted by Gasteiger charge is -2.36. The van der Waals surface area contributed by atoms with E-state index in [0.717, 1.165) is 37.6 Å². The van der Waals surface area contributed by atoms with Gasteiger partial charge in [0.25, 0.3) is 5.91 Å². The van der Waals surface area contributed by atoms with Crippen molar-refractivity contribution in [2.75, 3.05) is 38.2 Å². The van der Waals surface area contributed by atoms with E-state index in [1.54, 1.807) is 7.11 Å². The van der Waals surface area contributed by atoms with Crippen LogP contribution in [0.5, 0.6) is 5.75 Å². The molecule has 0 saturated carbocycles. The number of rotatable bonds is 4. The van der Waals surface area contributed by atoms with Crippen LogP contribution in [0.1, 0.15) is 10.4 Å². The van der Waals surface area contributed by atoms with Crippen molar-refractivity contribution in [3.05, 3.63) is 78.6 Å². The van der Waals surface area contributed by atoms with Crippen LogP contribution in [0.4, 0.5) is 5.69 Å². The van der Waals surface area contributed by atoms with Gasteiger partial charge in [0, 0.05) is 55.5 Å². The lowest BCUT2D eigenvalue weighted by atomic mass is 10.1. The summed E-state index contributed by atoms with van der Waals surface area (Å²) in [6, 6.07) is 19.9. The monoisotopic (exact) mass is 361 g/mol. The number of nitrogens with zero attached hydrogens (tertiary/aromatic N) is 3. The smallest absolute Gasteiger partial charge is 0.253 e. The van der Waals surface area contributed by atoms with E-state index >= 15 is 0 Å². The Balaban J connectivity index is 1.37. The minimum atomic E-state index is 0.0836. The number of hydrogen-bond acceptors (Lipinski definition) is 3. The van der Waals surface area contributed by atoms with Crippen LogP contribution in [0.25, 0.3) is 5.69 Å². The number of anilines is 1. The number of carbonyl (C=O) groups is 1. The molecular formula is C22H23N3O2. The molecular weight excluding hydrogens is 338 g/mol. The molecule has 0 radical (unpaired) electrons. The fraction of sp³-hybridized carbons (Fsp3) is 0.227. The van der Waals surface area contributed by atoms with Crippen LogP contribution < -0.4 is 9.64 Å². The molecule has 3 aromatic rings. The van der Waals surface area contributed by atoms with Gasteiger partial charge in [-0.25, -0.2) is 0 Å². The van der Waals surface area contributed by atoms with E-state index in [2.05, 4.69) is 33.7 Å². The third kappa shape index (κ3) is 3.67. The Labute approximate surface area is 159 Å². The second kappa shape index (κ2) is 7.58. The van der Waals surface area contributed by atoms with Gasteiger partial charge in [-0.2, -0.15) is 0 Å². The van der Waals surface area contributed by atoms with E-state index in [1.807, 2.05) is 53.7 Å². The quantitative estimate of drug-likeness (QED) is 0.714. The number of aromatic nitrogens is 1. The molecule has 2 aromatic carbocycles. The highest BCUT2D eigenvalue weighted by molar-refractivity contribution is 5.94. The zero-order valence-electron chi connectivity index (χ0n) is 15.4. The van der Waals surface area contributed by atoms with Crippen LogP contribution in [0.2, 0.25) is 0 Å². The standard InChI is InChI=1S/C22H23N3O2/c1-27-21-10-4-18(5-11-21)22(26)25-16-14-24(15-17-25)20-8-6-19(7-9-20)23-12-2-3-13-23/h2-13H,14-17H2,1H3. The van der Waals surface area contributed by atoms with E-state index in [0.29, 0.717) is 5.56 Å². The topological polar surface area (TPSA) is 37.7 Å². The fourth-order valence-electron chi connectivity index (χ4n) is 3.43. The summed E-state index contributed by atoms with van der Waals surface area (Å²) in [7, 11) is 1.63. The lowest BCUT2D eigenvalue weighted by molar-refractivity contribution is 0.0747. The lowest BCUT2D eigenvalue weighted by Crippen LogP contribution is -2.48. The van der Waals surface area contributed by atoms with E-state index in [9.17, 15) is 4.79 Å². The van der Waals surface area contributed by atoms with Crippen molar-refractivity contribution in [2.24, 2.45) is 0 Å². The Morgan fingerprint density at radius 3 is 2.00 bits per heavy atom. The minimum Gasteiger partial charge on any atom is -0.497 e. The molecule has 0 bridgehead atoms. The van der Waals surface area contributed by atoms with Gasteiger partial charge in [0.05, 0.1) is 7.11 Å². The highest BCUT2D eigenvalue weighted by atomic mass is 16.5. The summed E-state index contributed by atoms with van der Waals surface area (Å²) in [5, 5.41) is 0. The largest absolute Gasteiger partial charge is 0.497 e. The van der Waals surface area contributed by atoms with E-state index in [1.165, 1.54) is 5.69 Å². The first-order valence-corrected chi connectivity index (χ1v) is 9.16. The maximum Gasteiger partial charge on any atom is 0.253 e. The Morgan fingerprint density at radius 2 is 1.41 bits per heavy atom. The predicted molar refractivity (Wildman–Crippen MR) is 107 cm³/mol. The number of methoxy groups -OCH3 is 1. The Bertz CT molecular complexity index is 878. The third-order valence-corrected chi connectivity index (χ3v) is 5.02. The molecule has 1 aromatic heterocycles. The van der Waals surface area contributed by atoms with Gasteiger partial charge in [-0.1, -0.05) is 0 Å². The van der Waals surface area contributed by atoms with Crippen LogP contribution in [0.15, 0.2) is 73.1 Å². The molecule has 27 heavy (non-hydrogen) atoms. The van der Waals surface area contributed by atoms with Crippen molar-refractivity contribution in [2.45, 2.75) is 0 Å². The highest BCUT2D eigenvalue weighted by Gasteiger charge is 2.22. The molecule has 0 N–H and O–H groups in total. The van der Waals surface area contributed by atoms with Gasteiger partial charge in [0.1, 0.15) is 5.75 Å². The van der Waals surface area contributed by atoms with Crippen molar-refractivity contribution < 1.29 is 9.53 Å². The van der Waals surface area contributed by atoms with Crippen molar-refractivity contribution in [3.63, 3.8) is 0 Å². The number of piperazine rings is 1. The molecule has 0 aliphatic carbocycles. The second-order valence-corrected chi connectivity index (χ2v) is 6.61. The Kier molecular flexibility index (Phi) is 4.83. The summed E-state index contributed by atoms with van der Waals surface area (Å²) in [6.45, 7) is 3.13. The molecule has 0 spiro atoms. The first kappa shape index (κ1) is 17.2. The number of hydrogen-bond donors (Lipinski definition) is 0. The fourth-order valence-corrected chi connectivity index (χ4v) is 3.43. The van der Waals surface area contributed by atoms with Crippen molar-refractivity contribution in [1.29, 1.82) is 0 Å². The van der Waals surface area contributed by atoms with E-state index < -0.39 is 0 Å². The third-order valence-electron chi connectivity index (χ3n) is 5.02. The summed E-state index contributed by atoms with van der Waals surface area (Å²) in [5.41, 5.74) is 3.06. The molecule has 0 atom stereocenters. The SMILES string of the molecule is COc1ccc(C(=O)N2CCN(c3ccc(-n4cccc4)cc3)CC2)cc1. The van der Waals surface area contributed by atoms with E-state index in [4.69, 9.17) is 4.74 Å². The van der Waals surface area contributed by atoms with Crippen molar-refractivity contribution in [1.82, 2.24) is 9.47 Å². The average Bonchev–Trinajstić information content (AvgIpc) is 3.28. The number of amides is 1. The van der Waals surface area contributed by atoms with Gasteiger partial charge in [-0.05, 0) is 60.7 Å². The Hall–Kier alpha value is -3.21. The molecule has 138 valence electrons. The number of benzene rings is 2. The molecule has 1 amide bonds. The molecule has 1 aliphatic heterocycles. The van der Waals surface area contributed by atoms with Crippen LogP contribution in [-0.2, 0) is 0 Å². The molecule has 5 heteroatoms. The molecule has 2 heterocycles. The maximum atomic E-state index is 12.7. The van der Waals surface area contributed by atoms with Crippen LogP contribution in [-0.4, -0.2) is 48.7 Å². The average molecular weight is 361 g/mol. The molecule has 4 rings (SSSR count). The van der Waals surface area contributed by atoms with Crippen LogP contribution in [0.3, 0.4) is 0 Å². The molecule has 0 unspecified atom stereocenters. The zero-order chi connectivity index (χ0) is 18.6. The zero-order valence-corrected chi connectivity index (χ0v) is 15.4. The minimum absolute atomic E-state index is 0.0836. The summed E-state index contributed by atoms with van der Waals surface area (Å²) in [5.74, 6) is 0.847. The van der Waals surface area contributed by atoms with Gasteiger partial charge >= 0.3 is 0 Å². The van der Waals surface area contributed by atoms with Gasteiger partial charge in [0.2, 0.25) is 0 Å². The molecule has 1 fully saturated rings. The summed E-state index contributed by atoms with van der Waals surface area (Å²) >= 11 is 0. The second-order valence-electron chi connectivity index (χ2n) is 6.61. The molecule has 1 saturated heterocycles.